The van der Waals surface area contributed by atoms with Gasteiger partial charge in [0.25, 0.3) is 0 Å². The molecule has 0 radical (unpaired) electrons. The van der Waals surface area contributed by atoms with Crippen molar-refractivity contribution in [3.8, 4) is 22.9 Å². The van der Waals surface area contributed by atoms with E-state index >= 15 is 0 Å². The molecule has 32 heavy (non-hydrogen) atoms. The van der Waals surface area contributed by atoms with Gasteiger partial charge >= 0.3 is 6.09 Å². The van der Waals surface area contributed by atoms with Crippen LogP contribution in [0.4, 0.5) is 14.9 Å². The maximum absolute atomic E-state index is 14.8. The van der Waals surface area contributed by atoms with Gasteiger partial charge in [-0.1, -0.05) is 5.16 Å². The average Bonchev–Trinajstić information content (AvgIpc) is 3.23. The highest BCUT2D eigenvalue weighted by Crippen LogP contribution is 2.31. The summed E-state index contributed by atoms with van der Waals surface area (Å²) in [5.41, 5.74) is 1.19. The summed E-state index contributed by atoms with van der Waals surface area (Å²) < 4.78 is 29.5. The third-order valence-electron chi connectivity index (χ3n) is 4.18. The van der Waals surface area contributed by atoms with Gasteiger partial charge in [-0.3, -0.25) is 0 Å². The number of phenols is 1. The number of hydrogen-bond donors (Lipinski definition) is 1. The molecule has 0 aliphatic rings. The quantitative estimate of drug-likeness (QED) is 0.437. The Morgan fingerprint density at radius 3 is 2.50 bits per heavy atom. The zero-order chi connectivity index (χ0) is 23.3. The van der Waals surface area contributed by atoms with E-state index in [4.69, 9.17) is 9.26 Å². The van der Waals surface area contributed by atoms with Crippen molar-refractivity contribution in [2.45, 2.75) is 6.92 Å². The third kappa shape index (κ3) is 5.11. The Kier molecular flexibility index (Phi) is 7.21. The van der Waals surface area contributed by atoms with Crippen LogP contribution in [-0.4, -0.2) is 52.6 Å². The summed E-state index contributed by atoms with van der Waals surface area (Å²) in [7, 11) is 2.52. The smallest absolute Gasteiger partial charge is 0.434 e. The number of aryl methyl sites for hydroxylation is 1. The first-order valence-electron chi connectivity index (χ1n) is 9.13. The molecule has 0 atom stereocenters. The number of aromatic hydroxyl groups is 1. The standard InChI is InChI=1S/C21H19FN4O5S/c1-11-23-19(26-31-11)12-5-7-13(8-6-12)24-18(20(32-4)25-21(28)30-3)14-9-17(29-2)16(27)10-15(14)22/h5-10,27H,1-4H3/b24-18-,25-20-. The second-order valence-electron chi connectivity index (χ2n) is 6.24. The minimum Gasteiger partial charge on any atom is -0.504 e. The number of carbonyl (C=O) groups is 1. The van der Waals surface area contributed by atoms with Gasteiger partial charge in [-0.2, -0.15) is 9.98 Å². The van der Waals surface area contributed by atoms with Gasteiger partial charge < -0.3 is 19.1 Å². The van der Waals surface area contributed by atoms with Crippen molar-refractivity contribution in [3.05, 3.63) is 53.7 Å². The van der Waals surface area contributed by atoms with E-state index < -0.39 is 11.9 Å². The van der Waals surface area contributed by atoms with Gasteiger partial charge in [0.05, 0.1) is 19.9 Å². The number of amides is 1. The van der Waals surface area contributed by atoms with Crippen LogP contribution >= 0.6 is 11.8 Å². The molecule has 3 aromatic rings. The number of halogens is 1. The number of thioether (sulfide) groups is 1. The van der Waals surface area contributed by atoms with E-state index in [1.54, 1.807) is 37.4 Å². The maximum Gasteiger partial charge on any atom is 0.434 e. The molecule has 166 valence electrons. The lowest BCUT2D eigenvalue weighted by atomic mass is 10.1. The minimum absolute atomic E-state index is 0.0190. The van der Waals surface area contributed by atoms with Crippen molar-refractivity contribution in [3.63, 3.8) is 0 Å². The van der Waals surface area contributed by atoms with Gasteiger partial charge in [0.15, 0.2) is 11.5 Å². The first-order valence-corrected chi connectivity index (χ1v) is 10.4. The predicted octanol–water partition coefficient (Wildman–Crippen LogP) is 4.55. The lowest BCUT2D eigenvalue weighted by Crippen LogP contribution is -2.16. The van der Waals surface area contributed by atoms with Crippen LogP contribution in [0.2, 0.25) is 0 Å². The molecule has 0 saturated carbocycles. The number of phenolic OH excluding ortho intramolecular Hbond substituents is 1. The van der Waals surface area contributed by atoms with Crippen LogP contribution in [0.3, 0.4) is 0 Å². The SMILES string of the molecule is COC(=O)/N=C(SC)/C(=N\c1ccc(-c2noc(C)n2)cc1)c1cc(OC)c(O)cc1F. The molecule has 9 nitrogen and oxygen atoms in total. The molecule has 3 rings (SSSR count). The Hall–Kier alpha value is -3.73. The van der Waals surface area contributed by atoms with Crippen LogP contribution in [0.1, 0.15) is 11.5 Å². The van der Waals surface area contributed by atoms with Crippen LogP contribution in [0.25, 0.3) is 11.4 Å². The van der Waals surface area contributed by atoms with E-state index in [9.17, 15) is 14.3 Å². The summed E-state index contributed by atoms with van der Waals surface area (Å²) in [6, 6.07) is 8.99. The summed E-state index contributed by atoms with van der Waals surface area (Å²) in [6.07, 6.45) is 0.796. The van der Waals surface area contributed by atoms with Gasteiger partial charge in [-0.15, -0.1) is 11.8 Å². The largest absolute Gasteiger partial charge is 0.504 e. The molecule has 1 aromatic heterocycles. The number of benzene rings is 2. The van der Waals surface area contributed by atoms with Crippen molar-refractivity contribution in [1.29, 1.82) is 0 Å². The lowest BCUT2D eigenvalue weighted by Gasteiger charge is -2.12. The Morgan fingerprint density at radius 1 is 1.22 bits per heavy atom. The topological polar surface area (TPSA) is 119 Å². The van der Waals surface area contributed by atoms with E-state index in [1.165, 1.54) is 20.3 Å². The fourth-order valence-electron chi connectivity index (χ4n) is 2.67. The Bertz CT molecular complexity index is 1190. The molecular formula is C21H19FN4O5S. The minimum atomic E-state index is -0.865. The molecule has 1 heterocycles. The molecule has 0 saturated heterocycles. The van der Waals surface area contributed by atoms with E-state index in [0.29, 0.717) is 23.0 Å². The number of aromatic nitrogens is 2. The van der Waals surface area contributed by atoms with Crippen LogP contribution in [0, 0.1) is 12.7 Å². The number of nitrogens with zero attached hydrogens (tertiary/aromatic N) is 4. The highest BCUT2D eigenvalue weighted by Gasteiger charge is 2.21. The molecule has 1 amide bonds. The summed E-state index contributed by atoms with van der Waals surface area (Å²) >= 11 is 1.08. The summed E-state index contributed by atoms with van der Waals surface area (Å²) in [4.78, 5) is 24.3. The van der Waals surface area contributed by atoms with Crippen LogP contribution in [-0.2, 0) is 4.74 Å². The van der Waals surface area contributed by atoms with Crippen molar-refractivity contribution in [2.24, 2.45) is 9.98 Å². The molecule has 11 heteroatoms. The van der Waals surface area contributed by atoms with Crippen molar-refractivity contribution in [1.82, 2.24) is 10.1 Å². The van der Waals surface area contributed by atoms with E-state index in [-0.39, 0.29) is 27.8 Å². The summed E-state index contributed by atoms with van der Waals surface area (Å²) in [5, 5.41) is 13.8. The van der Waals surface area contributed by atoms with Crippen molar-refractivity contribution in [2.75, 3.05) is 20.5 Å². The Balaban J connectivity index is 2.13. The molecular weight excluding hydrogens is 439 g/mol. The molecule has 0 unspecified atom stereocenters. The molecule has 0 fully saturated rings. The van der Waals surface area contributed by atoms with Gasteiger partial charge in [-0.05, 0) is 36.6 Å². The van der Waals surface area contributed by atoms with Crippen LogP contribution in [0.15, 0.2) is 50.9 Å². The first-order chi connectivity index (χ1) is 15.4. The number of carbonyl (C=O) groups excluding carboxylic acids is 1. The van der Waals surface area contributed by atoms with Gasteiger partial charge in [0, 0.05) is 24.1 Å². The highest BCUT2D eigenvalue weighted by molar-refractivity contribution is 8.15. The molecule has 0 aliphatic heterocycles. The average molecular weight is 458 g/mol. The van der Waals surface area contributed by atoms with Gasteiger partial charge in [0.1, 0.15) is 16.6 Å². The van der Waals surface area contributed by atoms with Gasteiger partial charge in [0.2, 0.25) is 11.7 Å². The fraction of sp³-hybridized carbons (Fsp3) is 0.190. The van der Waals surface area contributed by atoms with E-state index in [2.05, 4.69) is 24.9 Å². The molecule has 2 aromatic carbocycles. The molecule has 0 spiro atoms. The summed E-state index contributed by atoms with van der Waals surface area (Å²) in [5.74, 6) is -0.249. The number of rotatable bonds is 5. The monoisotopic (exact) mass is 458 g/mol. The second-order valence-corrected chi connectivity index (χ2v) is 7.03. The second kappa shape index (κ2) is 10.1. The predicted molar refractivity (Wildman–Crippen MR) is 119 cm³/mol. The number of methoxy groups -OCH3 is 2. The van der Waals surface area contributed by atoms with Crippen molar-refractivity contribution >= 4 is 34.3 Å². The van der Waals surface area contributed by atoms with Crippen LogP contribution < -0.4 is 4.74 Å². The van der Waals surface area contributed by atoms with E-state index in [1.807, 2.05) is 0 Å². The van der Waals surface area contributed by atoms with Crippen molar-refractivity contribution < 1.29 is 28.3 Å². The number of aliphatic imine (C=N–C) groups is 2. The third-order valence-corrected chi connectivity index (χ3v) is 4.85. The van der Waals surface area contributed by atoms with Gasteiger partial charge in [-0.25, -0.2) is 14.2 Å². The maximum atomic E-state index is 14.8. The zero-order valence-electron chi connectivity index (χ0n) is 17.6. The Labute approximate surface area is 187 Å². The lowest BCUT2D eigenvalue weighted by molar-refractivity contribution is 0.183. The number of hydrogen-bond acceptors (Lipinski definition) is 9. The van der Waals surface area contributed by atoms with Crippen LogP contribution in [0.5, 0.6) is 11.5 Å². The molecule has 0 bridgehead atoms. The molecule has 1 N–H and O–H groups in total. The zero-order valence-corrected chi connectivity index (χ0v) is 18.4. The fourth-order valence-corrected chi connectivity index (χ4v) is 3.18. The Morgan fingerprint density at radius 2 is 1.94 bits per heavy atom. The molecule has 0 aliphatic carbocycles. The normalized spacial score (nSPS) is 12.0. The highest BCUT2D eigenvalue weighted by atomic mass is 32.2. The first kappa shape index (κ1) is 22.9. The van der Waals surface area contributed by atoms with E-state index in [0.717, 1.165) is 17.8 Å². The number of ether oxygens (including phenoxy) is 2. The summed E-state index contributed by atoms with van der Waals surface area (Å²) in [6.45, 7) is 1.69.